The standard InChI is InChI=1S/C16H24N2O2/c1-3-12-5-4-9-18(10-8-12)16(19)14-7-6-13(20-2)11-15(14)17/h6-7,11-12H,3-5,8-10,17H2,1-2H3. The first-order valence-electron chi connectivity index (χ1n) is 7.38. The molecule has 1 atom stereocenters. The van der Waals surface area contributed by atoms with Crippen LogP contribution in [0.25, 0.3) is 0 Å². The molecule has 20 heavy (non-hydrogen) atoms. The van der Waals surface area contributed by atoms with Crippen molar-refractivity contribution in [2.24, 2.45) is 5.92 Å². The molecule has 0 bridgehead atoms. The molecule has 4 nitrogen and oxygen atoms in total. The van der Waals surface area contributed by atoms with Gasteiger partial charge in [-0.2, -0.15) is 0 Å². The molecule has 0 radical (unpaired) electrons. The Labute approximate surface area is 120 Å². The van der Waals surface area contributed by atoms with Crippen LogP contribution in [0, 0.1) is 5.92 Å². The van der Waals surface area contributed by atoms with Crippen LogP contribution in [0.15, 0.2) is 18.2 Å². The lowest BCUT2D eigenvalue weighted by atomic mass is 9.98. The monoisotopic (exact) mass is 276 g/mol. The molecule has 1 unspecified atom stereocenters. The van der Waals surface area contributed by atoms with Crippen molar-refractivity contribution in [1.82, 2.24) is 4.90 Å². The predicted octanol–water partition coefficient (Wildman–Crippen LogP) is 2.93. The minimum absolute atomic E-state index is 0.0434. The fraction of sp³-hybridized carbons (Fsp3) is 0.562. The molecule has 1 amide bonds. The van der Waals surface area contributed by atoms with Gasteiger partial charge in [0.2, 0.25) is 0 Å². The summed E-state index contributed by atoms with van der Waals surface area (Å²) in [4.78, 5) is 14.5. The van der Waals surface area contributed by atoms with Gasteiger partial charge in [0.05, 0.1) is 12.7 Å². The molecule has 1 saturated heterocycles. The van der Waals surface area contributed by atoms with Crippen molar-refractivity contribution in [3.05, 3.63) is 23.8 Å². The number of methoxy groups -OCH3 is 1. The molecule has 0 saturated carbocycles. The highest BCUT2D eigenvalue weighted by atomic mass is 16.5. The van der Waals surface area contributed by atoms with E-state index in [1.807, 2.05) is 4.90 Å². The minimum atomic E-state index is 0.0434. The lowest BCUT2D eigenvalue weighted by Gasteiger charge is -2.21. The van der Waals surface area contributed by atoms with Crippen LogP contribution in [-0.2, 0) is 0 Å². The zero-order valence-corrected chi connectivity index (χ0v) is 12.4. The van der Waals surface area contributed by atoms with E-state index in [2.05, 4.69) is 6.92 Å². The van der Waals surface area contributed by atoms with E-state index in [9.17, 15) is 4.79 Å². The van der Waals surface area contributed by atoms with Crippen LogP contribution >= 0.6 is 0 Å². The molecule has 1 fully saturated rings. The van der Waals surface area contributed by atoms with Gasteiger partial charge in [0.1, 0.15) is 5.75 Å². The molecule has 1 aromatic rings. The first-order valence-corrected chi connectivity index (χ1v) is 7.38. The van der Waals surface area contributed by atoms with E-state index in [1.54, 1.807) is 25.3 Å². The number of benzene rings is 1. The number of nitrogen functional groups attached to an aromatic ring is 1. The van der Waals surface area contributed by atoms with Crippen LogP contribution < -0.4 is 10.5 Å². The van der Waals surface area contributed by atoms with Gasteiger partial charge in [-0.25, -0.2) is 0 Å². The van der Waals surface area contributed by atoms with E-state index in [4.69, 9.17) is 10.5 Å². The number of carbonyl (C=O) groups is 1. The topological polar surface area (TPSA) is 55.6 Å². The second kappa shape index (κ2) is 6.64. The number of carbonyl (C=O) groups excluding carboxylic acids is 1. The average molecular weight is 276 g/mol. The smallest absolute Gasteiger partial charge is 0.255 e. The molecule has 1 aliphatic rings. The summed E-state index contributed by atoms with van der Waals surface area (Å²) in [5.74, 6) is 1.48. The van der Waals surface area contributed by atoms with Crippen molar-refractivity contribution in [3.8, 4) is 5.75 Å². The van der Waals surface area contributed by atoms with Gasteiger partial charge in [0, 0.05) is 24.8 Å². The first-order chi connectivity index (χ1) is 9.65. The number of rotatable bonds is 3. The van der Waals surface area contributed by atoms with Gasteiger partial charge in [0.25, 0.3) is 5.91 Å². The van der Waals surface area contributed by atoms with Gasteiger partial charge in [0.15, 0.2) is 0 Å². The number of amides is 1. The van der Waals surface area contributed by atoms with Gasteiger partial charge in [-0.1, -0.05) is 13.3 Å². The zero-order valence-electron chi connectivity index (χ0n) is 12.4. The molecule has 2 rings (SSSR count). The number of nitrogens with zero attached hydrogens (tertiary/aromatic N) is 1. The lowest BCUT2D eigenvalue weighted by Crippen LogP contribution is -2.32. The maximum Gasteiger partial charge on any atom is 0.255 e. The fourth-order valence-corrected chi connectivity index (χ4v) is 2.81. The summed E-state index contributed by atoms with van der Waals surface area (Å²) >= 11 is 0. The van der Waals surface area contributed by atoms with Gasteiger partial charge in [-0.05, 0) is 37.3 Å². The third kappa shape index (κ3) is 3.24. The number of likely N-dealkylation sites (tertiary alicyclic amines) is 1. The van der Waals surface area contributed by atoms with Gasteiger partial charge in [-0.15, -0.1) is 0 Å². The third-order valence-corrected chi connectivity index (χ3v) is 4.20. The molecule has 1 aliphatic heterocycles. The van der Waals surface area contributed by atoms with Crippen LogP contribution in [0.2, 0.25) is 0 Å². The summed E-state index contributed by atoms with van der Waals surface area (Å²) in [5.41, 5.74) is 7.04. The van der Waals surface area contributed by atoms with Crippen LogP contribution in [0.5, 0.6) is 5.75 Å². The Hall–Kier alpha value is -1.71. The fourth-order valence-electron chi connectivity index (χ4n) is 2.81. The molecule has 1 heterocycles. The largest absolute Gasteiger partial charge is 0.497 e. The average Bonchev–Trinajstić information content (AvgIpc) is 2.71. The van der Waals surface area contributed by atoms with Crippen LogP contribution in [0.4, 0.5) is 5.69 Å². The van der Waals surface area contributed by atoms with Crippen LogP contribution in [0.1, 0.15) is 43.0 Å². The predicted molar refractivity (Wildman–Crippen MR) is 80.9 cm³/mol. The molecule has 110 valence electrons. The van der Waals surface area contributed by atoms with E-state index in [0.29, 0.717) is 17.0 Å². The highest BCUT2D eigenvalue weighted by Gasteiger charge is 2.22. The third-order valence-electron chi connectivity index (χ3n) is 4.20. The number of hydrogen-bond acceptors (Lipinski definition) is 3. The molecule has 2 N–H and O–H groups in total. The second-order valence-corrected chi connectivity index (χ2v) is 5.45. The Kier molecular flexibility index (Phi) is 4.88. The summed E-state index contributed by atoms with van der Waals surface area (Å²) in [6.07, 6.45) is 4.60. The summed E-state index contributed by atoms with van der Waals surface area (Å²) in [6, 6.07) is 5.26. The number of ether oxygens (including phenoxy) is 1. The Bertz CT molecular complexity index is 474. The summed E-state index contributed by atoms with van der Waals surface area (Å²) < 4.78 is 5.12. The minimum Gasteiger partial charge on any atom is -0.497 e. The number of hydrogen-bond donors (Lipinski definition) is 1. The zero-order chi connectivity index (χ0) is 14.5. The van der Waals surface area contributed by atoms with Crippen LogP contribution in [0.3, 0.4) is 0 Å². The molecule has 0 aromatic heterocycles. The van der Waals surface area contributed by atoms with Crippen molar-refractivity contribution in [2.45, 2.75) is 32.6 Å². The van der Waals surface area contributed by atoms with Crippen molar-refractivity contribution in [1.29, 1.82) is 0 Å². The maximum atomic E-state index is 12.6. The Morgan fingerprint density at radius 2 is 2.20 bits per heavy atom. The van der Waals surface area contributed by atoms with Crippen LogP contribution in [-0.4, -0.2) is 31.0 Å². The summed E-state index contributed by atoms with van der Waals surface area (Å²) in [6.45, 7) is 3.90. The Morgan fingerprint density at radius 3 is 2.85 bits per heavy atom. The van der Waals surface area contributed by atoms with Crippen molar-refractivity contribution < 1.29 is 9.53 Å². The highest BCUT2D eigenvalue weighted by Crippen LogP contribution is 2.24. The van der Waals surface area contributed by atoms with E-state index in [0.717, 1.165) is 31.8 Å². The van der Waals surface area contributed by atoms with Crippen molar-refractivity contribution >= 4 is 11.6 Å². The molecular weight excluding hydrogens is 252 g/mol. The molecule has 4 heteroatoms. The quantitative estimate of drug-likeness (QED) is 0.864. The van der Waals surface area contributed by atoms with Gasteiger partial charge >= 0.3 is 0 Å². The first kappa shape index (κ1) is 14.7. The summed E-state index contributed by atoms with van der Waals surface area (Å²) in [5, 5.41) is 0. The normalized spacial score (nSPS) is 19.5. The molecular formula is C16H24N2O2. The molecule has 0 aliphatic carbocycles. The van der Waals surface area contributed by atoms with Gasteiger partial charge < -0.3 is 15.4 Å². The maximum absolute atomic E-state index is 12.6. The Balaban J connectivity index is 2.10. The summed E-state index contributed by atoms with van der Waals surface area (Å²) in [7, 11) is 1.59. The van der Waals surface area contributed by atoms with E-state index in [1.165, 1.54) is 12.8 Å². The Morgan fingerprint density at radius 1 is 1.40 bits per heavy atom. The number of anilines is 1. The molecule has 0 spiro atoms. The van der Waals surface area contributed by atoms with E-state index >= 15 is 0 Å². The molecule has 1 aromatic carbocycles. The SMILES string of the molecule is CCC1CCCN(C(=O)c2ccc(OC)cc2N)CC1. The van der Waals surface area contributed by atoms with Crippen molar-refractivity contribution in [2.75, 3.05) is 25.9 Å². The van der Waals surface area contributed by atoms with Crippen molar-refractivity contribution in [3.63, 3.8) is 0 Å². The number of nitrogens with two attached hydrogens (primary N) is 1. The van der Waals surface area contributed by atoms with Gasteiger partial charge in [-0.3, -0.25) is 4.79 Å². The van der Waals surface area contributed by atoms with E-state index in [-0.39, 0.29) is 5.91 Å². The lowest BCUT2D eigenvalue weighted by molar-refractivity contribution is 0.0761. The second-order valence-electron chi connectivity index (χ2n) is 5.45. The van der Waals surface area contributed by atoms with E-state index < -0.39 is 0 Å². The highest BCUT2D eigenvalue weighted by molar-refractivity contribution is 5.99.